The molecule has 2 amide bonds. The van der Waals surface area contributed by atoms with Gasteiger partial charge in [0.15, 0.2) is 0 Å². The Morgan fingerprint density at radius 1 is 1.09 bits per heavy atom. The number of carbonyl (C=O) groups is 2. The van der Waals surface area contributed by atoms with Crippen molar-refractivity contribution in [3.8, 4) is 5.75 Å². The molecular formula is C31H29F4N5O3S. The zero-order chi connectivity index (χ0) is 31.9. The quantitative estimate of drug-likeness (QED) is 0.0888. The minimum absolute atomic E-state index is 0.00363. The van der Waals surface area contributed by atoms with Crippen LogP contribution < -0.4 is 15.5 Å². The van der Waals surface area contributed by atoms with Gasteiger partial charge in [-0.3, -0.25) is 14.6 Å². The Bertz CT molecular complexity index is 1670. The summed E-state index contributed by atoms with van der Waals surface area (Å²) in [6.45, 7) is 0. The summed E-state index contributed by atoms with van der Waals surface area (Å²) >= 11 is 1.41. The van der Waals surface area contributed by atoms with Crippen LogP contribution in [0.1, 0.15) is 27.9 Å². The smallest absolute Gasteiger partial charge is 0.417 e. The maximum Gasteiger partial charge on any atom is 0.417 e. The predicted octanol–water partition coefficient (Wildman–Crippen LogP) is 6.22. The molecule has 0 aliphatic carbocycles. The van der Waals surface area contributed by atoms with Crippen LogP contribution in [-0.2, 0) is 11.0 Å². The van der Waals surface area contributed by atoms with Gasteiger partial charge in [-0.05, 0) is 36.4 Å². The Morgan fingerprint density at radius 3 is 2.50 bits per heavy atom. The number of amides is 2. The van der Waals surface area contributed by atoms with Crippen molar-refractivity contribution in [3.05, 3.63) is 95.4 Å². The van der Waals surface area contributed by atoms with Gasteiger partial charge in [-0.15, -0.1) is 11.8 Å². The van der Waals surface area contributed by atoms with E-state index >= 15 is 0 Å². The van der Waals surface area contributed by atoms with Crippen LogP contribution in [0.3, 0.4) is 0 Å². The molecule has 0 fully saturated rings. The van der Waals surface area contributed by atoms with Gasteiger partial charge < -0.3 is 15.0 Å². The molecule has 1 unspecified atom stereocenters. The third kappa shape index (κ3) is 8.04. The molecular weight excluding hydrogens is 598 g/mol. The molecule has 3 aromatic carbocycles. The van der Waals surface area contributed by atoms with Gasteiger partial charge in [0.25, 0.3) is 5.91 Å². The number of nitrogens with one attached hydrogen (secondary N) is 2. The van der Waals surface area contributed by atoms with E-state index in [0.717, 1.165) is 29.4 Å². The number of hydrogen-bond acceptors (Lipinski definition) is 7. The predicted molar refractivity (Wildman–Crippen MR) is 163 cm³/mol. The molecule has 0 saturated heterocycles. The molecule has 1 heterocycles. The highest BCUT2D eigenvalue weighted by molar-refractivity contribution is 7.99. The summed E-state index contributed by atoms with van der Waals surface area (Å²) in [6, 6.07) is 16.2. The number of hydrazone groups is 1. The van der Waals surface area contributed by atoms with Crippen LogP contribution in [0.2, 0.25) is 0 Å². The zero-order valence-corrected chi connectivity index (χ0v) is 24.8. The maximum absolute atomic E-state index is 14.3. The number of halogens is 4. The first-order valence-corrected chi connectivity index (χ1v) is 14.3. The monoisotopic (exact) mass is 627 g/mol. The fourth-order valence-corrected chi connectivity index (χ4v) is 5.17. The van der Waals surface area contributed by atoms with Crippen LogP contribution in [0.15, 0.2) is 82.9 Å². The first-order valence-electron chi connectivity index (χ1n) is 13.3. The number of fused-ring (bicyclic) bond motifs is 1. The molecule has 0 bridgehead atoms. The average molecular weight is 628 g/mol. The number of nitrogens with zero attached hydrogens (tertiary/aromatic N) is 3. The van der Waals surface area contributed by atoms with Crippen LogP contribution in [-0.4, -0.2) is 60.9 Å². The molecule has 13 heteroatoms. The Balaban J connectivity index is 1.74. The number of aromatic nitrogens is 1. The van der Waals surface area contributed by atoms with Crippen molar-refractivity contribution < 1.29 is 31.9 Å². The lowest BCUT2D eigenvalue weighted by Crippen LogP contribution is -2.33. The number of thioether (sulfide) groups is 1. The maximum atomic E-state index is 14.3. The molecule has 0 saturated carbocycles. The highest BCUT2D eigenvalue weighted by Crippen LogP contribution is 2.39. The molecule has 0 spiro atoms. The van der Waals surface area contributed by atoms with E-state index in [1.165, 1.54) is 48.0 Å². The van der Waals surface area contributed by atoms with Gasteiger partial charge in [0.05, 0.1) is 35.7 Å². The number of ether oxygens (including phenoxy) is 1. The van der Waals surface area contributed by atoms with Crippen molar-refractivity contribution in [2.45, 2.75) is 23.5 Å². The van der Waals surface area contributed by atoms with Crippen LogP contribution in [0.4, 0.5) is 23.2 Å². The van der Waals surface area contributed by atoms with E-state index < -0.39 is 29.5 Å². The third-order valence-corrected chi connectivity index (χ3v) is 7.66. The van der Waals surface area contributed by atoms with E-state index in [4.69, 9.17) is 4.74 Å². The third-order valence-electron chi connectivity index (χ3n) is 6.48. The molecule has 0 aliphatic rings. The number of rotatable bonds is 11. The second-order valence-electron chi connectivity index (χ2n) is 9.79. The molecule has 0 aliphatic heterocycles. The Labute approximate surface area is 255 Å². The number of methoxy groups -OCH3 is 1. The lowest BCUT2D eigenvalue weighted by molar-refractivity contribution is -0.136. The number of anilines is 1. The lowest BCUT2D eigenvalue weighted by Gasteiger charge is -2.24. The van der Waals surface area contributed by atoms with Crippen molar-refractivity contribution in [2.24, 2.45) is 5.10 Å². The van der Waals surface area contributed by atoms with Crippen LogP contribution >= 0.6 is 11.8 Å². The molecule has 4 rings (SSSR count). The standard InChI is InChI=1S/C31H29F4N5O3S/c1-40(2)27(41)14-20(18-44-22-8-5-4-6-9-22)38-29-23(17-36-26-11-7-10-24(28(26)29)31(33,34)35)30(42)39-37-16-19-12-13-21(43-3)15-25(19)32/h4-13,15-17,20H,14,18H2,1-3H3,(H,36,38)(H,39,42)/b37-16+. The summed E-state index contributed by atoms with van der Waals surface area (Å²) in [5.74, 6) is -1.23. The second kappa shape index (κ2) is 14.2. The Hall–Kier alpha value is -4.65. The fourth-order valence-electron chi connectivity index (χ4n) is 4.22. The molecule has 4 aromatic rings. The largest absolute Gasteiger partial charge is 0.497 e. The summed E-state index contributed by atoms with van der Waals surface area (Å²) in [5.41, 5.74) is 0.885. The van der Waals surface area contributed by atoms with Crippen molar-refractivity contribution in [3.63, 3.8) is 0 Å². The minimum Gasteiger partial charge on any atom is -0.497 e. The van der Waals surface area contributed by atoms with Crippen LogP contribution in [0.25, 0.3) is 10.9 Å². The molecule has 230 valence electrons. The highest BCUT2D eigenvalue weighted by atomic mass is 32.2. The molecule has 2 N–H and O–H groups in total. The Morgan fingerprint density at radius 2 is 1.84 bits per heavy atom. The second-order valence-corrected chi connectivity index (χ2v) is 10.9. The first kappa shape index (κ1) is 32.3. The molecule has 8 nitrogen and oxygen atoms in total. The van der Waals surface area contributed by atoms with Crippen molar-refractivity contribution in [1.82, 2.24) is 15.3 Å². The SMILES string of the molecule is COc1ccc(/C=N/NC(=O)c2cnc3cccc(C(F)(F)F)c3c2NC(CSc2ccccc2)CC(=O)N(C)C)c(F)c1. The van der Waals surface area contributed by atoms with Gasteiger partial charge in [0.2, 0.25) is 5.91 Å². The summed E-state index contributed by atoms with van der Waals surface area (Å²) in [7, 11) is 4.54. The van der Waals surface area contributed by atoms with Gasteiger partial charge in [-0.2, -0.15) is 18.3 Å². The van der Waals surface area contributed by atoms with E-state index in [1.54, 1.807) is 14.1 Å². The minimum atomic E-state index is -4.77. The van der Waals surface area contributed by atoms with Crippen molar-refractivity contribution in [2.75, 3.05) is 32.3 Å². The van der Waals surface area contributed by atoms with Crippen molar-refractivity contribution >= 4 is 46.4 Å². The van der Waals surface area contributed by atoms with Gasteiger partial charge in [-0.1, -0.05) is 24.3 Å². The molecule has 44 heavy (non-hydrogen) atoms. The Kier molecular flexibility index (Phi) is 10.4. The van der Waals surface area contributed by atoms with Gasteiger partial charge >= 0.3 is 6.18 Å². The lowest BCUT2D eigenvalue weighted by atomic mass is 10.0. The molecule has 1 aromatic heterocycles. The van der Waals surface area contributed by atoms with Gasteiger partial charge in [0.1, 0.15) is 11.6 Å². The van der Waals surface area contributed by atoms with E-state index in [2.05, 4.69) is 20.8 Å². The van der Waals surface area contributed by atoms with E-state index in [-0.39, 0.29) is 51.5 Å². The molecule has 1 atom stereocenters. The fraction of sp³-hybridized carbons (Fsp3) is 0.226. The number of hydrogen-bond donors (Lipinski definition) is 2. The molecule has 0 radical (unpaired) electrons. The van der Waals surface area contributed by atoms with Gasteiger partial charge in [-0.25, -0.2) is 9.82 Å². The van der Waals surface area contributed by atoms with Gasteiger partial charge in [0, 0.05) is 60.4 Å². The number of pyridine rings is 1. The number of benzene rings is 3. The first-order chi connectivity index (χ1) is 21.0. The number of carbonyl (C=O) groups excluding carboxylic acids is 2. The topological polar surface area (TPSA) is 95.9 Å². The van der Waals surface area contributed by atoms with E-state index in [9.17, 15) is 27.2 Å². The summed E-state index contributed by atoms with van der Waals surface area (Å²) in [4.78, 5) is 32.5. The highest BCUT2D eigenvalue weighted by Gasteiger charge is 2.35. The van der Waals surface area contributed by atoms with E-state index in [1.807, 2.05) is 30.3 Å². The normalized spacial score (nSPS) is 12.2. The summed E-state index contributed by atoms with van der Waals surface area (Å²) < 4.78 is 62.0. The van der Waals surface area contributed by atoms with E-state index in [0.29, 0.717) is 0 Å². The van der Waals surface area contributed by atoms with Crippen LogP contribution in [0.5, 0.6) is 5.75 Å². The average Bonchev–Trinajstić information content (AvgIpc) is 3.00. The summed E-state index contributed by atoms with van der Waals surface area (Å²) in [5, 5.41) is 6.55. The van der Waals surface area contributed by atoms with Crippen molar-refractivity contribution in [1.29, 1.82) is 0 Å². The summed E-state index contributed by atoms with van der Waals surface area (Å²) in [6.07, 6.45) is -2.64. The van der Waals surface area contributed by atoms with Crippen LogP contribution in [0, 0.1) is 5.82 Å². The zero-order valence-electron chi connectivity index (χ0n) is 24.0. The number of alkyl halides is 3.